The zero-order valence-corrected chi connectivity index (χ0v) is 11.4. The minimum absolute atomic E-state index is 0.360. The van der Waals surface area contributed by atoms with Gasteiger partial charge in [-0.2, -0.15) is 5.26 Å². The van der Waals surface area contributed by atoms with Gasteiger partial charge in [0.05, 0.1) is 39.5 Å². The predicted molar refractivity (Wildman–Crippen MR) is 70.1 cm³/mol. The van der Waals surface area contributed by atoms with Crippen LogP contribution in [0, 0.1) is 23.7 Å². The summed E-state index contributed by atoms with van der Waals surface area (Å²) in [6.07, 6.45) is 0. The normalized spacial score (nSPS) is 18.1. The second-order valence-electron chi connectivity index (χ2n) is 4.75. The summed E-state index contributed by atoms with van der Waals surface area (Å²) in [6.45, 7) is 2.63. The largest absolute Gasteiger partial charge is 0.496 e. The van der Waals surface area contributed by atoms with Gasteiger partial charge in [0.1, 0.15) is 16.9 Å². The first-order valence-electron chi connectivity index (χ1n) is 6.05. The summed E-state index contributed by atoms with van der Waals surface area (Å²) in [7, 11) is 3.20. The van der Waals surface area contributed by atoms with E-state index in [-0.39, 0.29) is 0 Å². The SMILES string of the molecule is COc1ccc(C(N)C2(C#N)COC2)c(OC)c1C. The molecule has 1 aromatic rings. The Morgan fingerprint density at radius 3 is 2.47 bits per heavy atom. The summed E-state index contributed by atoms with van der Waals surface area (Å²) in [5, 5.41) is 9.33. The fourth-order valence-electron chi connectivity index (χ4n) is 2.36. The Labute approximate surface area is 112 Å². The van der Waals surface area contributed by atoms with Crippen molar-refractivity contribution in [3.8, 4) is 17.6 Å². The summed E-state index contributed by atoms with van der Waals surface area (Å²) in [6, 6.07) is 5.54. The van der Waals surface area contributed by atoms with Crippen LogP contribution in [0.25, 0.3) is 0 Å². The molecular weight excluding hydrogens is 244 g/mol. The summed E-state index contributed by atoms with van der Waals surface area (Å²) in [5.74, 6) is 1.41. The highest BCUT2D eigenvalue weighted by Gasteiger charge is 2.46. The number of methoxy groups -OCH3 is 2. The summed E-state index contributed by atoms with van der Waals surface area (Å²) in [4.78, 5) is 0. The van der Waals surface area contributed by atoms with Crippen LogP contribution in [-0.4, -0.2) is 27.4 Å². The maximum Gasteiger partial charge on any atom is 0.130 e. The molecule has 0 spiro atoms. The third kappa shape index (κ3) is 2.03. The van der Waals surface area contributed by atoms with Gasteiger partial charge in [0.15, 0.2) is 0 Å². The standard InChI is InChI=1S/C14H18N2O3/c1-9-11(17-2)5-4-10(12(9)18-3)13(16)14(6-15)7-19-8-14/h4-5,13H,7-8,16H2,1-3H3. The molecule has 102 valence electrons. The molecule has 2 N–H and O–H groups in total. The number of rotatable bonds is 4. The van der Waals surface area contributed by atoms with Crippen LogP contribution in [0.4, 0.5) is 0 Å². The van der Waals surface area contributed by atoms with Crippen molar-refractivity contribution < 1.29 is 14.2 Å². The lowest BCUT2D eigenvalue weighted by molar-refractivity contribution is -0.0913. The third-order valence-electron chi connectivity index (χ3n) is 3.68. The molecule has 0 radical (unpaired) electrons. The summed E-state index contributed by atoms with van der Waals surface area (Å²) in [5.41, 5.74) is 7.29. The maximum atomic E-state index is 9.33. The fraction of sp³-hybridized carbons (Fsp3) is 0.500. The first kappa shape index (κ1) is 13.7. The van der Waals surface area contributed by atoms with Crippen molar-refractivity contribution in [2.24, 2.45) is 11.1 Å². The molecule has 0 saturated carbocycles. The topological polar surface area (TPSA) is 77.5 Å². The van der Waals surface area contributed by atoms with Gasteiger partial charge in [0.25, 0.3) is 0 Å². The minimum atomic E-state index is -0.658. The summed E-state index contributed by atoms with van der Waals surface area (Å²) < 4.78 is 15.9. The van der Waals surface area contributed by atoms with Crippen molar-refractivity contribution in [2.75, 3.05) is 27.4 Å². The first-order chi connectivity index (χ1) is 9.09. The quantitative estimate of drug-likeness (QED) is 0.890. The molecular formula is C14H18N2O3. The van der Waals surface area contributed by atoms with Crippen LogP contribution < -0.4 is 15.2 Å². The molecule has 5 nitrogen and oxygen atoms in total. The van der Waals surface area contributed by atoms with Crippen molar-refractivity contribution in [2.45, 2.75) is 13.0 Å². The van der Waals surface area contributed by atoms with Crippen LogP contribution in [0.1, 0.15) is 17.2 Å². The van der Waals surface area contributed by atoms with E-state index < -0.39 is 11.5 Å². The van der Waals surface area contributed by atoms with Crippen molar-refractivity contribution in [3.63, 3.8) is 0 Å². The van der Waals surface area contributed by atoms with Gasteiger partial charge in [0, 0.05) is 11.1 Å². The van der Waals surface area contributed by atoms with Crippen molar-refractivity contribution in [1.82, 2.24) is 0 Å². The first-order valence-corrected chi connectivity index (χ1v) is 6.05. The molecule has 1 unspecified atom stereocenters. The molecule has 0 aliphatic carbocycles. The Kier molecular flexibility index (Phi) is 3.65. The molecule has 1 heterocycles. The molecule has 5 heteroatoms. The van der Waals surface area contributed by atoms with Crippen LogP contribution in [0.5, 0.6) is 11.5 Å². The maximum absolute atomic E-state index is 9.33. The molecule has 0 bridgehead atoms. The minimum Gasteiger partial charge on any atom is -0.496 e. The molecule has 19 heavy (non-hydrogen) atoms. The Hall–Kier alpha value is -1.77. The van der Waals surface area contributed by atoms with E-state index >= 15 is 0 Å². The van der Waals surface area contributed by atoms with Gasteiger partial charge in [-0.1, -0.05) is 0 Å². The third-order valence-corrected chi connectivity index (χ3v) is 3.68. The van der Waals surface area contributed by atoms with Crippen LogP contribution in [0.15, 0.2) is 12.1 Å². The van der Waals surface area contributed by atoms with Crippen molar-refractivity contribution >= 4 is 0 Å². The number of hydrogen-bond donors (Lipinski definition) is 1. The van der Waals surface area contributed by atoms with E-state index in [4.69, 9.17) is 19.9 Å². The fourth-order valence-corrected chi connectivity index (χ4v) is 2.36. The lowest BCUT2D eigenvalue weighted by Gasteiger charge is -2.40. The molecule has 1 saturated heterocycles. The highest BCUT2D eigenvalue weighted by molar-refractivity contribution is 5.51. The number of benzene rings is 1. The van der Waals surface area contributed by atoms with Gasteiger partial charge in [-0.25, -0.2) is 0 Å². The number of nitrogens with zero attached hydrogens (tertiary/aromatic N) is 1. The molecule has 1 aromatic carbocycles. The average Bonchev–Trinajstić information content (AvgIpc) is 2.37. The van der Waals surface area contributed by atoms with Gasteiger partial charge < -0.3 is 19.9 Å². The molecule has 0 aromatic heterocycles. The van der Waals surface area contributed by atoms with Gasteiger partial charge in [-0.15, -0.1) is 0 Å². The zero-order valence-electron chi connectivity index (χ0n) is 11.4. The second kappa shape index (κ2) is 5.08. The van der Waals surface area contributed by atoms with E-state index in [2.05, 4.69) is 6.07 Å². The van der Waals surface area contributed by atoms with E-state index in [0.29, 0.717) is 19.0 Å². The van der Waals surface area contributed by atoms with E-state index in [1.165, 1.54) is 0 Å². The zero-order chi connectivity index (χ0) is 14.0. The lowest BCUT2D eigenvalue weighted by atomic mass is 9.76. The van der Waals surface area contributed by atoms with Gasteiger partial charge in [-0.05, 0) is 19.1 Å². The molecule has 1 aliphatic heterocycles. The Morgan fingerprint density at radius 2 is 2.05 bits per heavy atom. The smallest absolute Gasteiger partial charge is 0.130 e. The monoisotopic (exact) mass is 262 g/mol. The van der Waals surface area contributed by atoms with E-state index in [0.717, 1.165) is 16.9 Å². The molecule has 1 atom stereocenters. The van der Waals surface area contributed by atoms with Gasteiger partial charge >= 0.3 is 0 Å². The predicted octanol–water partition coefficient (Wildman–Crippen LogP) is 1.55. The molecule has 0 amide bonds. The molecule has 1 aliphatic rings. The number of ether oxygens (including phenoxy) is 3. The molecule has 2 rings (SSSR count). The Morgan fingerprint density at radius 1 is 1.37 bits per heavy atom. The number of hydrogen-bond acceptors (Lipinski definition) is 5. The highest BCUT2D eigenvalue weighted by atomic mass is 16.5. The number of nitrogens with two attached hydrogens (primary N) is 1. The molecule has 1 fully saturated rings. The second-order valence-corrected chi connectivity index (χ2v) is 4.75. The van der Waals surface area contributed by atoms with Gasteiger partial charge in [0.2, 0.25) is 0 Å². The van der Waals surface area contributed by atoms with Crippen molar-refractivity contribution in [1.29, 1.82) is 5.26 Å². The number of nitriles is 1. The van der Waals surface area contributed by atoms with E-state index in [9.17, 15) is 5.26 Å². The van der Waals surface area contributed by atoms with Crippen LogP contribution in [0.3, 0.4) is 0 Å². The van der Waals surface area contributed by atoms with Crippen LogP contribution >= 0.6 is 0 Å². The van der Waals surface area contributed by atoms with E-state index in [1.54, 1.807) is 14.2 Å². The average molecular weight is 262 g/mol. The Balaban J connectivity index is 2.45. The van der Waals surface area contributed by atoms with Gasteiger partial charge in [-0.3, -0.25) is 0 Å². The van der Waals surface area contributed by atoms with E-state index in [1.807, 2.05) is 19.1 Å². The van der Waals surface area contributed by atoms with Crippen LogP contribution in [-0.2, 0) is 4.74 Å². The lowest BCUT2D eigenvalue weighted by Crippen LogP contribution is -2.49. The van der Waals surface area contributed by atoms with Crippen molar-refractivity contribution in [3.05, 3.63) is 23.3 Å². The van der Waals surface area contributed by atoms with Crippen LogP contribution in [0.2, 0.25) is 0 Å². The summed E-state index contributed by atoms with van der Waals surface area (Å²) >= 11 is 0. The Bertz CT molecular complexity index is 518. The highest BCUT2D eigenvalue weighted by Crippen LogP contribution is 2.43.